The first-order valence-electron chi connectivity index (χ1n) is 3.88. The Bertz CT molecular complexity index is 479. The molecule has 1 N–H and O–H groups in total. The van der Waals surface area contributed by atoms with Gasteiger partial charge in [-0.1, -0.05) is 12.1 Å². The van der Waals surface area contributed by atoms with E-state index in [2.05, 4.69) is 0 Å². The number of para-hydroxylation sites is 1. The molecule has 2 aromatic rings. The molecule has 0 radical (unpaired) electrons. The highest BCUT2D eigenvalue weighted by atomic mass is 16.4. The fourth-order valence-electron chi connectivity index (χ4n) is 1.33. The molecule has 0 bridgehead atoms. The van der Waals surface area contributed by atoms with Gasteiger partial charge in [-0.2, -0.15) is 5.26 Å². The summed E-state index contributed by atoms with van der Waals surface area (Å²) in [6, 6.07) is 9.25. The summed E-state index contributed by atoms with van der Waals surface area (Å²) in [6.45, 7) is -0.239. The molecule has 1 heterocycles. The highest BCUT2D eigenvalue weighted by Gasteiger charge is 2.11. The van der Waals surface area contributed by atoms with Crippen LogP contribution in [-0.2, 0) is 6.61 Å². The molecule has 0 atom stereocenters. The zero-order chi connectivity index (χ0) is 9.26. The molecule has 0 spiro atoms. The monoisotopic (exact) mass is 173 g/mol. The maximum atomic E-state index is 8.91. The van der Waals surface area contributed by atoms with E-state index < -0.39 is 0 Å². The van der Waals surface area contributed by atoms with E-state index in [1.165, 1.54) is 0 Å². The Hall–Kier alpha value is -1.79. The first-order valence-corrected chi connectivity index (χ1v) is 3.88. The van der Waals surface area contributed by atoms with Crippen molar-refractivity contribution in [2.75, 3.05) is 0 Å². The SMILES string of the molecule is N#Cc1c(CO)oc2ccccc12. The Kier molecular flexibility index (Phi) is 1.76. The predicted octanol–water partition coefficient (Wildman–Crippen LogP) is 1.80. The smallest absolute Gasteiger partial charge is 0.148 e. The second-order valence-corrected chi connectivity index (χ2v) is 2.67. The summed E-state index contributed by atoms with van der Waals surface area (Å²) in [7, 11) is 0. The van der Waals surface area contributed by atoms with Gasteiger partial charge in [-0.25, -0.2) is 0 Å². The average Bonchev–Trinajstić information content (AvgIpc) is 2.55. The minimum Gasteiger partial charge on any atom is -0.457 e. The van der Waals surface area contributed by atoms with E-state index in [-0.39, 0.29) is 6.61 Å². The summed E-state index contributed by atoms with van der Waals surface area (Å²) in [5.74, 6) is 0.337. The van der Waals surface area contributed by atoms with Crippen LogP contribution in [0.1, 0.15) is 11.3 Å². The standard InChI is InChI=1S/C10H7NO2/c11-5-8-7-3-1-2-4-9(7)13-10(8)6-12/h1-4,12H,6H2. The van der Waals surface area contributed by atoms with Gasteiger partial charge in [-0.15, -0.1) is 0 Å². The van der Waals surface area contributed by atoms with Crippen molar-refractivity contribution < 1.29 is 9.52 Å². The maximum Gasteiger partial charge on any atom is 0.148 e. The lowest BCUT2D eigenvalue weighted by Gasteiger charge is -1.85. The molecule has 0 fully saturated rings. The summed E-state index contributed by atoms with van der Waals surface area (Å²) in [5, 5.41) is 18.5. The molecule has 0 saturated heterocycles. The van der Waals surface area contributed by atoms with Crippen LogP contribution in [0.5, 0.6) is 0 Å². The molecular weight excluding hydrogens is 166 g/mol. The highest BCUT2D eigenvalue weighted by molar-refractivity contribution is 5.84. The molecule has 0 saturated carbocycles. The molecule has 0 aliphatic heterocycles. The van der Waals surface area contributed by atoms with Crippen LogP contribution in [0.2, 0.25) is 0 Å². The number of furan rings is 1. The minimum absolute atomic E-state index is 0.239. The summed E-state index contributed by atoms with van der Waals surface area (Å²) in [4.78, 5) is 0. The van der Waals surface area contributed by atoms with E-state index in [1.807, 2.05) is 18.2 Å². The summed E-state index contributed by atoms with van der Waals surface area (Å²) in [5.41, 5.74) is 1.07. The lowest BCUT2D eigenvalue weighted by Crippen LogP contribution is -1.81. The number of hydrogen-bond donors (Lipinski definition) is 1. The van der Waals surface area contributed by atoms with Crippen LogP contribution in [0.3, 0.4) is 0 Å². The topological polar surface area (TPSA) is 57.2 Å². The minimum atomic E-state index is -0.239. The fraction of sp³-hybridized carbons (Fsp3) is 0.100. The number of fused-ring (bicyclic) bond motifs is 1. The largest absolute Gasteiger partial charge is 0.457 e. The van der Waals surface area contributed by atoms with Gasteiger partial charge in [-0.3, -0.25) is 0 Å². The molecule has 2 rings (SSSR count). The van der Waals surface area contributed by atoms with Crippen molar-refractivity contribution in [1.82, 2.24) is 0 Å². The highest BCUT2D eigenvalue weighted by Crippen LogP contribution is 2.24. The number of aliphatic hydroxyl groups is 1. The number of rotatable bonds is 1. The third-order valence-corrected chi connectivity index (χ3v) is 1.92. The van der Waals surface area contributed by atoms with Gasteiger partial charge in [0.2, 0.25) is 0 Å². The Morgan fingerprint density at radius 3 is 2.85 bits per heavy atom. The number of hydrogen-bond acceptors (Lipinski definition) is 3. The lowest BCUT2D eigenvalue weighted by molar-refractivity contribution is 0.250. The van der Waals surface area contributed by atoms with Crippen molar-refractivity contribution in [2.45, 2.75) is 6.61 Å². The van der Waals surface area contributed by atoms with Crippen molar-refractivity contribution in [3.8, 4) is 6.07 Å². The second-order valence-electron chi connectivity index (χ2n) is 2.67. The van der Waals surface area contributed by atoms with Crippen LogP contribution in [0.4, 0.5) is 0 Å². The maximum absolute atomic E-state index is 8.91. The first-order chi connectivity index (χ1) is 6.36. The Labute approximate surface area is 74.8 Å². The first kappa shape index (κ1) is 7.84. The van der Waals surface area contributed by atoms with E-state index >= 15 is 0 Å². The molecule has 64 valence electrons. The van der Waals surface area contributed by atoms with Gasteiger partial charge in [0.05, 0.1) is 0 Å². The van der Waals surface area contributed by atoms with Crippen LogP contribution in [0, 0.1) is 11.3 Å². The van der Waals surface area contributed by atoms with Crippen molar-refractivity contribution in [3.63, 3.8) is 0 Å². The van der Waals surface area contributed by atoms with Crippen molar-refractivity contribution in [1.29, 1.82) is 5.26 Å². The zero-order valence-electron chi connectivity index (χ0n) is 6.82. The number of aliphatic hydroxyl groups excluding tert-OH is 1. The Balaban J connectivity index is 2.83. The quantitative estimate of drug-likeness (QED) is 0.715. The van der Waals surface area contributed by atoms with Crippen molar-refractivity contribution in [2.24, 2.45) is 0 Å². The molecular formula is C10H7NO2. The third-order valence-electron chi connectivity index (χ3n) is 1.92. The average molecular weight is 173 g/mol. The Morgan fingerprint density at radius 1 is 1.38 bits per heavy atom. The van der Waals surface area contributed by atoms with Crippen LogP contribution in [-0.4, -0.2) is 5.11 Å². The van der Waals surface area contributed by atoms with Gasteiger partial charge < -0.3 is 9.52 Å². The van der Waals surface area contributed by atoms with Crippen molar-refractivity contribution in [3.05, 3.63) is 35.6 Å². The third kappa shape index (κ3) is 1.08. The zero-order valence-corrected chi connectivity index (χ0v) is 6.82. The van der Waals surface area contributed by atoms with Gasteiger partial charge in [0.25, 0.3) is 0 Å². The lowest BCUT2D eigenvalue weighted by atomic mass is 10.1. The molecule has 13 heavy (non-hydrogen) atoms. The molecule has 0 unspecified atom stereocenters. The van der Waals surface area contributed by atoms with Gasteiger partial charge in [0, 0.05) is 5.39 Å². The van der Waals surface area contributed by atoms with Gasteiger partial charge in [-0.05, 0) is 12.1 Å². The Morgan fingerprint density at radius 2 is 2.15 bits per heavy atom. The summed E-state index contributed by atoms with van der Waals surface area (Å²) in [6.07, 6.45) is 0. The predicted molar refractivity (Wildman–Crippen MR) is 46.9 cm³/mol. The van der Waals surface area contributed by atoms with E-state index in [1.54, 1.807) is 12.1 Å². The second kappa shape index (κ2) is 2.92. The summed E-state index contributed by atoms with van der Waals surface area (Å²) < 4.78 is 5.27. The van der Waals surface area contributed by atoms with Gasteiger partial charge in [0.15, 0.2) is 0 Å². The van der Waals surface area contributed by atoms with Gasteiger partial charge >= 0.3 is 0 Å². The van der Waals surface area contributed by atoms with Crippen LogP contribution >= 0.6 is 0 Å². The molecule has 0 aliphatic rings. The fourth-order valence-corrected chi connectivity index (χ4v) is 1.33. The van der Waals surface area contributed by atoms with Crippen LogP contribution < -0.4 is 0 Å². The molecule has 3 heteroatoms. The molecule has 3 nitrogen and oxygen atoms in total. The normalized spacial score (nSPS) is 10.2. The molecule has 1 aromatic heterocycles. The molecule has 0 aliphatic carbocycles. The van der Waals surface area contributed by atoms with Gasteiger partial charge in [0.1, 0.15) is 29.6 Å². The molecule has 0 amide bonds. The van der Waals surface area contributed by atoms with Crippen LogP contribution in [0.25, 0.3) is 11.0 Å². The van der Waals surface area contributed by atoms with E-state index in [9.17, 15) is 0 Å². The van der Waals surface area contributed by atoms with Crippen molar-refractivity contribution >= 4 is 11.0 Å². The van der Waals surface area contributed by atoms with E-state index in [0.717, 1.165) is 5.39 Å². The van der Waals surface area contributed by atoms with E-state index in [4.69, 9.17) is 14.8 Å². The van der Waals surface area contributed by atoms with E-state index in [0.29, 0.717) is 16.9 Å². The number of nitrogens with zero attached hydrogens (tertiary/aromatic N) is 1. The van der Waals surface area contributed by atoms with Crippen LogP contribution in [0.15, 0.2) is 28.7 Å². The number of benzene rings is 1. The number of nitriles is 1. The molecule has 1 aromatic carbocycles. The summed E-state index contributed by atoms with van der Waals surface area (Å²) >= 11 is 0.